The van der Waals surface area contributed by atoms with Gasteiger partial charge in [-0.05, 0) is 60.0 Å². The Kier molecular flexibility index (Phi) is 6.75. The van der Waals surface area contributed by atoms with Crippen LogP contribution in [0.25, 0.3) is 22.5 Å². The lowest BCUT2D eigenvalue weighted by molar-refractivity contribution is -0.117. The van der Waals surface area contributed by atoms with Crippen molar-refractivity contribution in [1.29, 1.82) is 0 Å². The fourth-order valence-corrected chi connectivity index (χ4v) is 4.36. The first kappa shape index (κ1) is 23.0. The van der Waals surface area contributed by atoms with E-state index in [2.05, 4.69) is 38.4 Å². The number of nitrogens with one attached hydrogen (secondary N) is 1. The predicted molar refractivity (Wildman–Crippen MR) is 139 cm³/mol. The number of fused-ring (bicyclic) bond motifs is 1. The number of benzene rings is 3. The van der Waals surface area contributed by atoms with Crippen LogP contribution in [0.1, 0.15) is 11.1 Å². The van der Waals surface area contributed by atoms with Crippen molar-refractivity contribution >= 4 is 23.5 Å². The molecule has 4 aromatic rings. The Bertz CT molecular complexity index is 1340. The van der Waals surface area contributed by atoms with Crippen LogP contribution in [0.5, 0.6) is 5.75 Å². The number of ether oxygens (including phenoxy) is 1. The first-order chi connectivity index (χ1) is 17.1. The zero-order valence-electron chi connectivity index (χ0n) is 19.4. The zero-order valence-corrected chi connectivity index (χ0v) is 20.1. The Labute approximate surface area is 209 Å². The SMILES string of the molecule is COc1ccc(-c2cc(-c3ccc(Cl)cc3)nc(NC(=O)CN3CCc4ccccc4C3)n2)cc1. The van der Waals surface area contributed by atoms with Gasteiger partial charge in [0.15, 0.2) is 0 Å². The van der Waals surface area contributed by atoms with Crippen molar-refractivity contribution in [2.24, 2.45) is 0 Å². The normalized spacial score (nSPS) is 13.2. The first-order valence-corrected chi connectivity index (χ1v) is 11.8. The van der Waals surface area contributed by atoms with E-state index < -0.39 is 0 Å². The molecule has 3 aromatic carbocycles. The van der Waals surface area contributed by atoms with E-state index in [0.717, 1.165) is 36.4 Å². The van der Waals surface area contributed by atoms with Crippen molar-refractivity contribution < 1.29 is 9.53 Å². The lowest BCUT2D eigenvalue weighted by atomic mass is 10.00. The average molecular weight is 485 g/mol. The minimum atomic E-state index is -0.140. The van der Waals surface area contributed by atoms with Gasteiger partial charge in [-0.3, -0.25) is 15.0 Å². The van der Waals surface area contributed by atoms with Gasteiger partial charge in [0, 0.05) is 29.2 Å². The molecule has 0 bridgehead atoms. The van der Waals surface area contributed by atoms with E-state index in [0.29, 0.717) is 16.4 Å². The molecule has 0 saturated carbocycles. The van der Waals surface area contributed by atoms with Gasteiger partial charge in [0.05, 0.1) is 25.0 Å². The number of hydrogen-bond acceptors (Lipinski definition) is 5. The molecule has 1 aliphatic heterocycles. The molecular formula is C28H25ClN4O2. The van der Waals surface area contributed by atoms with Crippen molar-refractivity contribution in [3.8, 4) is 28.3 Å². The highest BCUT2D eigenvalue weighted by Gasteiger charge is 2.19. The standard InChI is InChI=1S/C28H25ClN4O2/c1-35-24-12-8-21(9-13-24)26-16-25(20-6-10-23(29)11-7-20)30-28(31-26)32-27(34)18-33-15-14-19-4-2-3-5-22(19)17-33/h2-13,16H,14-15,17-18H2,1H3,(H,30,31,32,34). The third kappa shape index (κ3) is 5.50. The Hall–Kier alpha value is -3.74. The molecule has 0 fully saturated rings. The van der Waals surface area contributed by atoms with E-state index in [1.807, 2.05) is 60.7 Å². The molecule has 0 unspecified atom stereocenters. The molecule has 5 rings (SSSR count). The molecule has 0 radical (unpaired) electrons. The van der Waals surface area contributed by atoms with Crippen LogP contribution >= 0.6 is 11.6 Å². The van der Waals surface area contributed by atoms with Crippen LogP contribution in [0.4, 0.5) is 5.95 Å². The van der Waals surface area contributed by atoms with Crippen molar-refractivity contribution in [2.45, 2.75) is 13.0 Å². The summed E-state index contributed by atoms with van der Waals surface area (Å²) in [6.07, 6.45) is 0.938. The molecule has 7 heteroatoms. The minimum Gasteiger partial charge on any atom is -0.497 e. The average Bonchev–Trinajstić information content (AvgIpc) is 2.89. The Balaban J connectivity index is 1.39. The van der Waals surface area contributed by atoms with Crippen LogP contribution in [-0.2, 0) is 17.8 Å². The lowest BCUT2D eigenvalue weighted by Crippen LogP contribution is -2.37. The first-order valence-electron chi connectivity index (χ1n) is 11.5. The number of carbonyl (C=O) groups is 1. The second kappa shape index (κ2) is 10.3. The van der Waals surface area contributed by atoms with Gasteiger partial charge >= 0.3 is 0 Å². The summed E-state index contributed by atoms with van der Waals surface area (Å²) in [4.78, 5) is 24.4. The summed E-state index contributed by atoms with van der Waals surface area (Å²) >= 11 is 6.07. The molecule has 35 heavy (non-hydrogen) atoms. The van der Waals surface area contributed by atoms with Crippen molar-refractivity contribution in [3.05, 3.63) is 95.0 Å². The summed E-state index contributed by atoms with van der Waals surface area (Å²) in [5.41, 5.74) is 5.81. The molecule has 1 aromatic heterocycles. The molecule has 0 saturated heterocycles. The van der Waals surface area contributed by atoms with E-state index in [1.54, 1.807) is 7.11 Å². The predicted octanol–water partition coefficient (Wildman–Crippen LogP) is 5.47. The third-order valence-electron chi connectivity index (χ3n) is 6.08. The zero-order chi connectivity index (χ0) is 24.2. The van der Waals surface area contributed by atoms with Gasteiger partial charge in [-0.15, -0.1) is 0 Å². The van der Waals surface area contributed by atoms with E-state index in [4.69, 9.17) is 16.3 Å². The largest absolute Gasteiger partial charge is 0.497 e. The summed E-state index contributed by atoms with van der Waals surface area (Å²) in [5.74, 6) is 0.890. The molecule has 0 atom stereocenters. The highest BCUT2D eigenvalue weighted by molar-refractivity contribution is 6.30. The second-order valence-electron chi connectivity index (χ2n) is 8.47. The molecule has 1 N–H and O–H groups in total. The Morgan fingerprint density at radius 2 is 1.57 bits per heavy atom. The van der Waals surface area contributed by atoms with E-state index in [9.17, 15) is 4.79 Å². The number of carbonyl (C=O) groups excluding carboxylic acids is 1. The monoisotopic (exact) mass is 484 g/mol. The molecular weight excluding hydrogens is 460 g/mol. The van der Waals surface area contributed by atoms with Crippen molar-refractivity contribution in [2.75, 3.05) is 25.5 Å². The number of amides is 1. The lowest BCUT2D eigenvalue weighted by Gasteiger charge is -2.27. The van der Waals surface area contributed by atoms with Gasteiger partial charge in [-0.1, -0.05) is 48.0 Å². The quantitative estimate of drug-likeness (QED) is 0.393. The number of nitrogens with zero attached hydrogens (tertiary/aromatic N) is 3. The summed E-state index contributed by atoms with van der Waals surface area (Å²) in [7, 11) is 1.63. The molecule has 176 valence electrons. The summed E-state index contributed by atoms with van der Waals surface area (Å²) in [5, 5.41) is 3.56. The third-order valence-corrected chi connectivity index (χ3v) is 6.33. The topological polar surface area (TPSA) is 67.3 Å². The molecule has 1 aliphatic rings. The van der Waals surface area contributed by atoms with Gasteiger partial charge in [-0.25, -0.2) is 9.97 Å². The number of halogens is 1. The van der Waals surface area contributed by atoms with Crippen molar-refractivity contribution in [1.82, 2.24) is 14.9 Å². The number of methoxy groups -OCH3 is 1. The maximum absolute atomic E-state index is 12.9. The van der Waals surface area contributed by atoms with Crippen LogP contribution in [0.2, 0.25) is 5.02 Å². The Morgan fingerprint density at radius 3 is 2.23 bits per heavy atom. The number of rotatable bonds is 6. The number of hydrogen-bond donors (Lipinski definition) is 1. The van der Waals surface area contributed by atoms with Crippen LogP contribution in [0, 0.1) is 0 Å². The molecule has 0 aliphatic carbocycles. The van der Waals surface area contributed by atoms with Gasteiger partial charge in [0.2, 0.25) is 11.9 Å². The molecule has 2 heterocycles. The smallest absolute Gasteiger partial charge is 0.240 e. The summed E-state index contributed by atoms with van der Waals surface area (Å²) in [6.45, 7) is 1.88. The van der Waals surface area contributed by atoms with Gasteiger partial charge < -0.3 is 4.74 Å². The van der Waals surface area contributed by atoms with E-state index in [1.165, 1.54) is 11.1 Å². The highest BCUT2D eigenvalue weighted by atomic mass is 35.5. The van der Waals surface area contributed by atoms with Gasteiger partial charge in [0.1, 0.15) is 5.75 Å². The maximum atomic E-state index is 12.9. The summed E-state index contributed by atoms with van der Waals surface area (Å²) < 4.78 is 5.27. The minimum absolute atomic E-state index is 0.140. The summed E-state index contributed by atoms with van der Waals surface area (Å²) in [6, 6.07) is 25.4. The highest BCUT2D eigenvalue weighted by Crippen LogP contribution is 2.27. The van der Waals surface area contributed by atoms with Gasteiger partial charge in [0.25, 0.3) is 0 Å². The van der Waals surface area contributed by atoms with Crippen LogP contribution in [0.15, 0.2) is 78.9 Å². The Morgan fingerprint density at radius 1 is 0.943 bits per heavy atom. The van der Waals surface area contributed by atoms with Gasteiger partial charge in [-0.2, -0.15) is 0 Å². The van der Waals surface area contributed by atoms with E-state index >= 15 is 0 Å². The maximum Gasteiger partial charge on any atom is 0.240 e. The second-order valence-corrected chi connectivity index (χ2v) is 8.91. The van der Waals surface area contributed by atoms with Crippen LogP contribution < -0.4 is 10.1 Å². The van der Waals surface area contributed by atoms with Crippen LogP contribution in [0.3, 0.4) is 0 Å². The fraction of sp³-hybridized carbons (Fsp3) is 0.179. The van der Waals surface area contributed by atoms with Crippen LogP contribution in [-0.4, -0.2) is 41.0 Å². The number of aromatic nitrogens is 2. The molecule has 1 amide bonds. The van der Waals surface area contributed by atoms with E-state index in [-0.39, 0.29) is 18.4 Å². The van der Waals surface area contributed by atoms with Crippen molar-refractivity contribution in [3.63, 3.8) is 0 Å². The fourth-order valence-electron chi connectivity index (χ4n) is 4.24. The number of anilines is 1. The molecule has 0 spiro atoms. The molecule has 6 nitrogen and oxygen atoms in total.